The van der Waals surface area contributed by atoms with Crippen LogP contribution in [0, 0.1) is 19.1 Å². The highest BCUT2D eigenvalue weighted by Gasteiger charge is 2.30. The summed E-state index contributed by atoms with van der Waals surface area (Å²) in [6.07, 6.45) is 2.83. The van der Waals surface area contributed by atoms with Crippen molar-refractivity contribution in [2.24, 2.45) is 0 Å². The number of rotatable bonds is 6. The van der Waals surface area contributed by atoms with Crippen molar-refractivity contribution in [3.63, 3.8) is 0 Å². The molecule has 0 aliphatic rings. The van der Waals surface area contributed by atoms with E-state index in [1.807, 2.05) is 13.0 Å². The van der Waals surface area contributed by atoms with E-state index in [2.05, 4.69) is 20.3 Å². The van der Waals surface area contributed by atoms with Crippen LogP contribution in [0.4, 0.5) is 14.5 Å². The van der Waals surface area contributed by atoms with E-state index in [9.17, 15) is 18.8 Å². The Morgan fingerprint density at radius 1 is 1.09 bits per heavy atom. The summed E-state index contributed by atoms with van der Waals surface area (Å²) < 4.78 is 28.6. The summed E-state index contributed by atoms with van der Waals surface area (Å²) >= 11 is 0. The zero-order valence-corrected chi connectivity index (χ0v) is 18.9. The molecule has 9 heteroatoms. The van der Waals surface area contributed by atoms with Crippen molar-refractivity contribution >= 4 is 11.6 Å². The highest BCUT2D eigenvalue weighted by atomic mass is 19.3. The number of anilines is 1. The fraction of sp³-hybridized carbons (Fsp3) is 0.200. The minimum absolute atomic E-state index is 0.149. The zero-order chi connectivity index (χ0) is 24.5. The first kappa shape index (κ1) is 23.0. The predicted octanol–water partition coefficient (Wildman–Crippen LogP) is 5.14. The van der Waals surface area contributed by atoms with E-state index in [-0.39, 0.29) is 29.2 Å². The Kier molecular flexibility index (Phi) is 6.10. The number of imidazole rings is 1. The average molecular weight is 463 g/mol. The number of alkyl halides is 2. The number of hydrogen-bond acceptors (Lipinski definition) is 4. The molecule has 1 amide bonds. The zero-order valence-electron chi connectivity index (χ0n) is 18.9. The molecule has 0 saturated heterocycles. The third-order valence-corrected chi connectivity index (χ3v) is 5.56. The van der Waals surface area contributed by atoms with E-state index < -0.39 is 11.8 Å². The number of H-pyrrole nitrogens is 1. The van der Waals surface area contributed by atoms with Crippen molar-refractivity contribution < 1.29 is 18.3 Å². The summed E-state index contributed by atoms with van der Waals surface area (Å²) in [5, 5.41) is 15.6. The quantitative estimate of drug-likeness (QED) is 0.305. The van der Waals surface area contributed by atoms with Gasteiger partial charge in [0, 0.05) is 42.6 Å². The fourth-order valence-electron chi connectivity index (χ4n) is 3.73. The number of halogens is 2. The molecule has 0 aliphatic heterocycles. The molecule has 174 valence electrons. The Morgan fingerprint density at radius 3 is 2.53 bits per heavy atom. The Bertz CT molecular complexity index is 1370. The highest BCUT2D eigenvalue weighted by molar-refractivity contribution is 6.02. The highest BCUT2D eigenvalue weighted by Crippen LogP contribution is 2.32. The molecule has 0 atom stereocenters. The molecule has 2 aromatic heterocycles. The van der Waals surface area contributed by atoms with E-state index in [1.165, 1.54) is 31.2 Å². The number of carbonyl (C=O) groups excluding carboxylic acids is 1. The van der Waals surface area contributed by atoms with Gasteiger partial charge in [0.15, 0.2) is 5.69 Å². The molecule has 0 spiro atoms. The van der Waals surface area contributed by atoms with Crippen LogP contribution in [0.5, 0.6) is 0 Å². The summed E-state index contributed by atoms with van der Waals surface area (Å²) in [6, 6.07) is 12.6. The topological polar surface area (TPSA) is 97.6 Å². The number of benzene rings is 2. The Hall–Kier alpha value is -4.14. The minimum Gasteiger partial charge on any atom is -0.710 e. The Morgan fingerprint density at radius 2 is 1.79 bits per heavy atom. The summed E-state index contributed by atoms with van der Waals surface area (Å²) in [5.41, 5.74) is 2.94. The van der Waals surface area contributed by atoms with Crippen LogP contribution >= 0.6 is 0 Å². The maximum Gasteiger partial charge on any atom is 0.300 e. The van der Waals surface area contributed by atoms with Gasteiger partial charge in [0.2, 0.25) is 5.69 Å². The SMILES string of the molecule is CCC(F)(F)c1cccc(NC(=O)c2c(C)[nH]c(-c3cccc(-c4nccnc4C)c3)[n+]2[O-])c1. The molecule has 0 aliphatic carbocycles. The lowest BCUT2D eigenvalue weighted by molar-refractivity contribution is -0.594. The molecule has 4 aromatic rings. The van der Waals surface area contributed by atoms with Crippen LogP contribution in [0.15, 0.2) is 60.9 Å². The average Bonchev–Trinajstić information content (AvgIpc) is 3.13. The molecule has 0 saturated carbocycles. The summed E-state index contributed by atoms with van der Waals surface area (Å²) in [5.74, 6) is -3.53. The molecule has 0 radical (unpaired) electrons. The van der Waals surface area contributed by atoms with Gasteiger partial charge in [0.25, 0.3) is 17.7 Å². The third kappa shape index (κ3) is 4.36. The van der Waals surface area contributed by atoms with Gasteiger partial charge in [-0.1, -0.05) is 31.2 Å². The van der Waals surface area contributed by atoms with Gasteiger partial charge in [0.05, 0.1) is 17.0 Å². The molecule has 34 heavy (non-hydrogen) atoms. The molecule has 2 aromatic carbocycles. The molecule has 0 unspecified atom stereocenters. The number of hydrogen-bond donors (Lipinski definition) is 2. The van der Waals surface area contributed by atoms with E-state index in [0.717, 1.165) is 11.3 Å². The number of nitrogens with one attached hydrogen (secondary N) is 2. The molecular weight excluding hydrogens is 440 g/mol. The monoisotopic (exact) mass is 463 g/mol. The third-order valence-electron chi connectivity index (χ3n) is 5.56. The number of aromatic nitrogens is 4. The van der Waals surface area contributed by atoms with Crippen LogP contribution in [0.25, 0.3) is 22.6 Å². The van der Waals surface area contributed by atoms with Crippen molar-refractivity contribution in [1.82, 2.24) is 15.0 Å². The van der Waals surface area contributed by atoms with Gasteiger partial charge in [-0.2, -0.15) is 0 Å². The van der Waals surface area contributed by atoms with E-state index >= 15 is 0 Å². The molecule has 0 bridgehead atoms. The van der Waals surface area contributed by atoms with Crippen LogP contribution in [-0.4, -0.2) is 20.9 Å². The summed E-state index contributed by atoms with van der Waals surface area (Å²) in [4.78, 5) is 24.5. The fourth-order valence-corrected chi connectivity index (χ4v) is 3.73. The molecule has 7 nitrogen and oxygen atoms in total. The summed E-state index contributed by atoms with van der Waals surface area (Å²) in [7, 11) is 0. The van der Waals surface area contributed by atoms with Crippen molar-refractivity contribution in [1.29, 1.82) is 0 Å². The second kappa shape index (κ2) is 9.01. The lowest BCUT2D eigenvalue weighted by atomic mass is 10.1. The molecule has 0 fully saturated rings. The van der Waals surface area contributed by atoms with Crippen molar-refractivity contribution in [3.8, 4) is 22.6 Å². The second-order valence-electron chi connectivity index (χ2n) is 7.91. The van der Waals surface area contributed by atoms with Gasteiger partial charge in [-0.15, -0.1) is 0 Å². The lowest BCUT2D eigenvalue weighted by Gasteiger charge is -2.15. The van der Waals surface area contributed by atoms with Crippen LogP contribution in [0.1, 0.15) is 40.8 Å². The van der Waals surface area contributed by atoms with E-state index in [0.29, 0.717) is 21.7 Å². The maximum atomic E-state index is 14.0. The van der Waals surface area contributed by atoms with Crippen molar-refractivity contribution in [2.75, 3.05) is 5.32 Å². The molecule has 4 rings (SSSR count). The number of nitrogens with zero attached hydrogens (tertiary/aromatic N) is 3. The first-order chi connectivity index (χ1) is 16.2. The van der Waals surface area contributed by atoms with Crippen LogP contribution in [0.3, 0.4) is 0 Å². The van der Waals surface area contributed by atoms with Gasteiger partial charge in [-0.3, -0.25) is 14.8 Å². The Balaban J connectivity index is 1.65. The normalized spacial score (nSPS) is 11.4. The number of amides is 1. The largest absolute Gasteiger partial charge is 0.710 e. The van der Waals surface area contributed by atoms with Crippen LogP contribution < -0.4 is 10.0 Å². The van der Waals surface area contributed by atoms with Crippen molar-refractivity contribution in [3.05, 3.63) is 88.8 Å². The first-order valence-corrected chi connectivity index (χ1v) is 10.7. The second-order valence-corrected chi connectivity index (χ2v) is 7.91. The van der Waals surface area contributed by atoms with Gasteiger partial charge in [0.1, 0.15) is 0 Å². The van der Waals surface area contributed by atoms with Gasteiger partial charge < -0.3 is 10.5 Å². The minimum atomic E-state index is -3.01. The van der Waals surface area contributed by atoms with E-state index in [4.69, 9.17) is 0 Å². The molecular formula is C25H23F2N5O2. The molecule has 2 N–H and O–H groups in total. The van der Waals surface area contributed by atoms with Crippen molar-refractivity contribution in [2.45, 2.75) is 33.1 Å². The Labute approximate surface area is 195 Å². The van der Waals surface area contributed by atoms with Gasteiger partial charge in [-0.05, 0) is 31.2 Å². The standard InChI is InChI=1S/C25H23F2N5O2/c1-4-25(26,27)19-9-6-10-20(14-19)31-24(33)22-16(3)30-23(32(22)34)18-8-5-7-17(13-18)21-15(2)28-11-12-29-21/h5-14,30H,4H2,1-3H3,(H,31,33). The lowest BCUT2D eigenvalue weighted by Crippen LogP contribution is -2.36. The van der Waals surface area contributed by atoms with Gasteiger partial charge >= 0.3 is 0 Å². The number of carbonyl (C=O) groups is 1. The van der Waals surface area contributed by atoms with Crippen LogP contribution in [0.2, 0.25) is 0 Å². The van der Waals surface area contributed by atoms with Gasteiger partial charge in [-0.25, -0.2) is 18.5 Å². The molecule has 2 heterocycles. The predicted molar refractivity (Wildman–Crippen MR) is 124 cm³/mol. The maximum absolute atomic E-state index is 14.0. The number of aryl methyl sites for hydroxylation is 2. The first-order valence-electron chi connectivity index (χ1n) is 10.7. The number of aromatic amines is 1. The smallest absolute Gasteiger partial charge is 0.300 e. The summed E-state index contributed by atoms with van der Waals surface area (Å²) in [6.45, 7) is 4.83. The van der Waals surface area contributed by atoms with E-state index in [1.54, 1.807) is 37.5 Å². The van der Waals surface area contributed by atoms with Crippen LogP contribution in [-0.2, 0) is 5.92 Å².